The second kappa shape index (κ2) is 7.34. The number of benzene rings is 2. The Kier molecular flexibility index (Phi) is 5.42. The van der Waals surface area contributed by atoms with Crippen LogP contribution in [0.15, 0.2) is 60.7 Å². The third-order valence-electron chi connectivity index (χ3n) is 3.12. The van der Waals surface area contributed by atoms with Gasteiger partial charge in [0.2, 0.25) is 0 Å². The van der Waals surface area contributed by atoms with Crippen LogP contribution in [0.3, 0.4) is 0 Å². The first kappa shape index (κ1) is 13.3. The molecule has 0 saturated carbocycles. The van der Waals surface area contributed by atoms with Gasteiger partial charge in [-0.1, -0.05) is 80.4 Å². The minimum Gasteiger partial charge on any atom is -0.0654 e. The maximum Gasteiger partial charge on any atom is -0.0195 e. The lowest BCUT2D eigenvalue weighted by Crippen LogP contribution is -2.13. The van der Waals surface area contributed by atoms with Crippen LogP contribution in [-0.2, 0) is 0 Å². The van der Waals surface area contributed by atoms with Crippen molar-refractivity contribution in [1.29, 1.82) is 0 Å². The minimum atomic E-state index is -0.162. The van der Waals surface area contributed by atoms with Crippen LogP contribution in [0.4, 0.5) is 0 Å². The second-order valence-electron chi connectivity index (χ2n) is 4.53. The standard InChI is InChI=1S/C17H21P/c1-2-3-10-15-18(16-11-6-4-7-12-16)17-13-8-5-9-14-17/h4-9,11-14H,2-3,10,15H2,1H3. The molecule has 0 spiro atoms. The molecule has 0 aromatic heterocycles. The molecule has 18 heavy (non-hydrogen) atoms. The van der Waals surface area contributed by atoms with Gasteiger partial charge < -0.3 is 0 Å². The molecule has 94 valence electrons. The van der Waals surface area contributed by atoms with Gasteiger partial charge in [-0.15, -0.1) is 0 Å². The van der Waals surface area contributed by atoms with E-state index in [0.717, 1.165) is 0 Å². The Bertz CT molecular complexity index is 396. The van der Waals surface area contributed by atoms with E-state index in [0.29, 0.717) is 0 Å². The summed E-state index contributed by atoms with van der Waals surface area (Å²) < 4.78 is 0. The van der Waals surface area contributed by atoms with Gasteiger partial charge in [-0.25, -0.2) is 0 Å². The van der Waals surface area contributed by atoms with Gasteiger partial charge in [-0.2, -0.15) is 0 Å². The zero-order chi connectivity index (χ0) is 12.6. The van der Waals surface area contributed by atoms with E-state index in [9.17, 15) is 0 Å². The Morgan fingerprint density at radius 2 is 1.22 bits per heavy atom. The van der Waals surface area contributed by atoms with Gasteiger partial charge in [0.05, 0.1) is 0 Å². The summed E-state index contributed by atoms with van der Waals surface area (Å²) in [4.78, 5) is 0. The molecule has 0 aliphatic rings. The summed E-state index contributed by atoms with van der Waals surface area (Å²) >= 11 is 0. The molecule has 0 atom stereocenters. The molecule has 2 aromatic carbocycles. The molecule has 0 heterocycles. The van der Waals surface area contributed by atoms with E-state index in [-0.39, 0.29) is 7.92 Å². The summed E-state index contributed by atoms with van der Waals surface area (Å²) in [5, 5.41) is 3.02. The number of hydrogen-bond acceptors (Lipinski definition) is 0. The van der Waals surface area contributed by atoms with Crippen LogP contribution in [0.25, 0.3) is 0 Å². The maximum atomic E-state index is 2.28. The predicted octanol–water partition coefficient (Wildman–Crippen LogP) is 4.31. The highest BCUT2D eigenvalue weighted by Crippen LogP contribution is 2.34. The quantitative estimate of drug-likeness (QED) is 0.533. The lowest BCUT2D eigenvalue weighted by Gasteiger charge is -2.18. The normalized spacial score (nSPS) is 10.8. The molecule has 0 amide bonds. The Labute approximate surface area is 112 Å². The zero-order valence-electron chi connectivity index (χ0n) is 11.0. The Hall–Kier alpha value is -1.13. The summed E-state index contributed by atoms with van der Waals surface area (Å²) in [6.45, 7) is 2.27. The maximum absolute atomic E-state index is 2.28. The molecule has 1 heteroatoms. The van der Waals surface area contributed by atoms with Gasteiger partial charge in [0.15, 0.2) is 0 Å². The fourth-order valence-corrected chi connectivity index (χ4v) is 4.56. The van der Waals surface area contributed by atoms with Crippen LogP contribution in [0.5, 0.6) is 0 Å². The van der Waals surface area contributed by atoms with Crippen LogP contribution in [0, 0.1) is 0 Å². The fraction of sp³-hybridized carbons (Fsp3) is 0.294. The van der Waals surface area contributed by atoms with Gasteiger partial charge in [-0.3, -0.25) is 0 Å². The number of hydrogen-bond donors (Lipinski definition) is 0. The van der Waals surface area contributed by atoms with Crippen molar-refractivity contribution in [2.24, 2.45) is 0 Å². The third-order valence-corrected chi connectivity index (χ3v) is 5.73. The Morgan fingerprint density at radius 1 is 0.722 bits per heavy atom. The van der Waals surface area contributed by atoms with Crippen molar-refractivity contribution >= 4 is 18.5 Å². The van der Waals surface area contributed by atoms with Crippen LogP contribution in [0.2, 0.25) is 0 Å². The van der Waals surface area contributed by atoms with E-state index in [1.54, 1.807) is 0 Å². The average Bonchev–Trinajstić information content (AvgIpc) is 2.46. The first-order valence-electron chi connectivity index (χ1n) is 6.79. The molecule has 0 nitrogen and oxygen atoms in total. The lowest BCUT2D eigenvalue weighted by atomic mass is 10.3. The summed E-state index contributed by atoms with van der Waals surface area (Å²) in [5.41, 5.74) is 0. The van der Waals surface area contributed by atoms with Crippen LogP contribution < -0.4 is 10.6 Å². The van der Waals surface area contributed by atoms with E-state index in [1.165, 1.54) is 36.0 Å². The van der Waals surface area contributed by atoms with E-state index < -0.39 is 0 Å². The smallest absolute Gasteiger partial charge is 0.0195 e. The molecule has 0 radical (unpaired) electrons. The summed E-state index contributed by atoms with van der Waals surface area (Å²) in [7, 11) is -0.162. The van der Waals surface area contributed by atoms with Crippen molar-refractivity contribution in [1.82, 2.24) is 0 Å². The van der Waals surface area contributed by atoms with E-state index >= 15 is 0 Å². The van der Waals surface area contributed by atoms with Crippen molar-refractivity contribution < 1.29 is 0 Å². The monoisotopic (exact) mass is 256 g/mol. The van der Waals surface area contributed by atoms with Gasteiger partial charge in [0.1, 0.15) is 0 Å². The fourth-order valence-electron chi connectivity index (χ4n) is 2.14. The Morgan fingerprint density at radius 3 is 1.67 bits per heavy atom. The highest BCUT2D eigenvalue weighted by molar-refractivity contribution is 7.73. The van der Waals surface area contributed by atoms with Crippen LogP contribution in [-0.4, -0.2) is 6.16 Å². The minimum absolute atomic E-state index is 0.162. The largest absolute Gasteiger partial charge is 0.0654 e. The molecule has 0 fully saturated rings. The van der Waals surface area contributed by atoms with Gasteiger partial charge in [0.25, 0.3) is 0 Å². The summed E-state index contributed by atoms with van der Waals surface area (Å²) in [6.07, 6.45) is 5.30. The molecule has 0 unspecified atom stereocenters. The third kappa shape index (κ3) is 3.68. The van der Waals surface area contributed by atoms with Crippen molar-refractivity contribution in [2.75, 3.05) is 6.16 Å². The predicted molar refractivity (Wildman–Crippen MR) is 83.5 cm³/mol. The first-order chi connectivity index (χ1) is 8.92. The molecule has 0 N–H and O–H groups in total. The molecule has 2 rings (SSSR count). The van der Waals surface area contributed by atoms with Crippen molar-refractivity contribution in [3.63, 3.8) is 0 Å². The van der Waals surface area contributed by atoms with Crippen molar-refractivity contribution in [2.45, 2.75) is 26.2 Å². The Balaban J connectivity index is 2.18. The van der Waals surface area contributed by atoms with Crippen molar-refractivity contribution in [3.05, 3.63) is 60.7 Å². The summed E-state index contributed by atoms with van der Waals surface area (Å²) in [6, 6.07) is 22.0. The molecule has 0 aliphatic carbocycles. The molecule has 0 saturated heterocycles. The van der Waals surface area contributed by atoms with E-state index in [2.05, 4.69) is 67.6 Å². The summed E-state index contributed by atoms with van der Waals surface area (Å²) in [5.74, 6) is 0. The molecular formula is C17H21P. The average molecular weight is 256 g/mol. The lowest BCUT2D eigenvalue weighted by molar-refractivity contribution is 0.777. The molecule has 2 aromatic rings. The molecular weight excluding hydrogens is 235 g/mol. The molecule has 0 aliphatic heterocycles. The van der Waals surface area contributed by atoms with Crippen LogP contribution >= 0.6 is 7.92 Å². The number of unbranched alkanes of at least 4 members (excludes halogenated alkanes) is 2. The van der Waals surface area contributed by atoms with Crippen molar-refractivity contribution in [3.8, 4) is 0 Å². The highest BCUT2D eigenvalue weighted by atomic mass is 31.1. The highest BCUT2D eigenvalue weighted by Gasteiger charge is 2.12. The first-order valence-corrected chi connectivity index (χ1v) is 8.32. The topological polar surface area (TPSA) is 0 Å². The second-order valence-corrected chi connectivity index (χ2v) is 6.87. The van der Waals surface area contributed by atoms with Crippen LogP contribution in [0.1, 0.15) is 26.2 Å². The number of rotatable bonds is 6. The van der Waals surface area contributed by atoms with Gasteiger partial charge >= 0.3 is 0 Å². The molecule has 0 bridgehead atoms. The van der Waals surface area contributed by atoms with E-state index in [4.69, 9.17) is 0 Å². The SMILES string of the molecule is CCCCCP(c1ccccc1)c1ccccc1. The van der Waals surface area contributed by atoms with E-state index in [1.807, 2.05) is 0 Å². The zero-order valence-corrected chi connectivity index (χ0v) is 11.9. The van der Waals surface area contributed by atoms with Gasteiger partial charge in [0, 0.05) is 0 Å². The van der Waals surface area contributed by atoms with Gasteiger partial charge in [-0.05, 0) is 31.1 Å².